The van der Waals surface area contributed by atoms with Gasteiger partial charge in [0.2, 0.25) is 0 Å². The van der Waals surface area contributed by atoms with E-state index in [1.165, 1.54) is 11.1 Å². The summed E-state index contributed by atoms with van der Waals surface area (Å²) in [4.78, 5) is 15.9. The molecule has 0 atom stereocenters. The van der Waals surface area contributed by atoms with E-state index in [0.717, 1.165) is 23.1 Å². The Morgan fingerprint density at radius 3 is 2.50 bits per heavy atom. The summed E-state index contributed by atoms with van der Waals surface area (Å²) in [5.41, 5.74) is 8.79. The summed E-state index contributed by atoms with van der Waals surface area (Å²) in [6.45, 7) is 4.91. The van der Waals surface area contributed by atoms with Crippen molar-refractivity contribution < 1.29 is 19.0 Å². The molecule has 0 spiro atoms. The molecule has 0 saturated carbocycles. The molecule has 7 heteroatoms. The minimum Gasteiger partial charge on any atom is -0.493 e. The van der Waals surface area contributed by atoms with Gasteiger partial charge in [0.15, 0.2) is 16.7 Å². The third-order valence-electron chi connectivity index (χ3n) is 4.21. The van der Waals surface area contributed by atoms with Gasteiger partial charge in [-0.25, -0.2) is 0 Å². The molecule has 28 heavy (non-hydrogen) atoms. The average Bonchev–Trinajstić information content (AvgIpc) is 2.99. The highest BCUT2D eigenvalue weighted by Crippen LogP contribution is 2.31. The fourth-order valence-electron chi connectivity index (χ4n) is 2.58. The molecule has 2 aromatic carbocycles. The molecule has 0 radical (unpaired) electrons. The van der Waals surface area contributed by atoms with Crippen molar-refractivity contribution in [2.75, 3.05) is 20.3 Å². The topological polar surface area (TPSA) is 83.1 Å². The van der Waals surface area contributed by atoms with E-state index in [0.29, 0.717) is 29.6 Å². The molecule has 0 bridgehead atoms. The Morgan fingerprint density at radius 1 is 1.04 bits per heavy atom. The van der Waals surface area contributed by atoms with Crippen LogP contribution in [0.1, 0.15) is 16.7 Å². The van der Waals surface area contributed by atoms with Gasteiger partial charge in [0.05, 0.1) is 12.0 Å². The molecule has 2 N–H and O–H groups in total. The molecule has 1 amide bonds. The SMILES string of the molecule is COc1cc(/C=C2\SC(N)=NC2=O)ccc1OCCOc1ccc(C)c(C)c1. The van der Waals surface area contributed by atoms with Crippen molar-refractivity contribution in [3.05, 3.63) is 58.0 Å². The van der Waals surface area contributed by atoms with Gasteiger partial charge in [0.1, 0.15) is 19.0 Å². The Balaban J connectivity index is 1.59. The minimum absolute atomic E-state index is 0.256. The number of aryl methyl sites for hydroxylation is 2. The van der Waals surface area contributed by atoms with Crippen LogP contribution in [0.4, 0.5) is 0 Å². The second-order valence-corrected chi connectivity index (χ2v) is 7.28. The molecule has 1 heterocycles. The van der Waals surface area contributed by atoms with Crippen molar-refractivity contribution in [3.63, 3.8) is 0 Å². The Labute approximate surface area is 168 Å². The zero-order valence-corrected chi connectivity index (χ0v) is 16.8. The molecule has 0 fully saturated rings. The fraction of sp³-hybridized carbons (Fsp3) is 0.238. The van der Waals surface area contributed by atoms with Crippen LogP contribution in [0.25, 0.3) is 6.08 Å². The molecule has 1 aliphatic heterocycles. The Bertz CT molecular complexity index is 953. The molecule has 6 nitrogen and oxygen atoms in total. The van der Waals surface area contributed by atoms with E-state index in [9.17, 15) is 4.79 Å². The van der Waals surface area contributed by atoms with Crippen LogP contribution in [-0.2, 0) is 4.79 Å². The van der Waals surface area contributed by atoms with E-state index >= 15 is 0 Å². The number of amides is 1. The summed E-state index contributed by atoms with van der Waals surface area (Å²) in [6.07, 6.45) is 1.73. The minimum atomic E-state index is -0.328. The largest absolute Gasteiger partial charge is 0.493 e. The lowest BCUT2D eigenvalue weighted by Crippen LogP contribution is -2.09. The maximum absolute atomic E-state index is 11.7. The molecule has 146 valence electrons. The van der Waals surface area contributed by atoms with Gasteiger partial charge in [-0.3, -0.25) is 4.79 Å². The monoisotopic (exact) mass is 398 g/mol. The highest BCUT2D eigenvalue weighted by molar-refractivity contribution is 8.18. The molecular weight excluding hydrogens is 376 g/mol. The van der Waals surface area contributed by atoms with Crippen LogP contribution in [0, 0.1) is 13.8 Å². The van der Waals surface area contributed by atoms with Gasteiger partial charge >= 0.3 is 0 Å². The number of carbonyl (C=O) groups excluding carboxylic acids is 1. The number of thioether (sulfide) groups is 1. The van der Waals surface area contributed by atoms with Crippen molar-refractivity contribution in [2.24, 2.45) is 10.7 Å². The van der Waals surface area contributed by atoms with Crippen molar-refractivity contribution in [1.82, 2.24) is 0 Å². The molecular formula is C21H22N2O4S. The molecule has 0 unspecified atom stereocenters. The van der Waals surface area contributed by atoms with E-state index in [-0.39, 0.29) is 11.1 Å². The van der Waals surface area contributed by atoms with Crippen LogP contribution >= 0.6 is 11.8 Å². The summed E-state index contributed by atoms with van der Waals surface area (Å²) in [5.74, 6) is 1.67. The van der Waals surface area contributed by atoms with Gasteiger partial charge in [-0.2, -0.15) is 4.99 Å². The van der Waals surface area contributed by atoms with Crippen molar-refractivity contribution >= 4 is 28.9 Å². The first-order valence-electron chi connectivity index (χ1n) is 8.75. The predicted molar refractivity (Wildman–Crippen MR) is 112 cm³/mol. The lowest BCUT2D eigenvalue weighted by molar-refractivity contribution is -0.113. The van der Waals surface area contributed by atoms with Crippen molar-refractivity contribution in [2.45, 2.75) is 13.8 Å². The maximum Gasteiger partial charge on any atom is 0.286 e. The third-order valence-corrected chi connectivity index (χ3v) is 5.02. The zero-order chi connectivity index (χ0) is 20.1. The second-order valence-electron chi connectivity index (χ2n) is 6.22. The molecule has 1 aliphatic rings. The van der Waals surface area contributed by atoms with Crippen LogP contribution in [0.15, 0.2) is 46.3 Å². The number of nitrogens with zero attached hydrogens (tertiary/aromatic N) is 1. The summed E-state index contributed by atoms with van der Waals surface area (Å²) in [6, 6.07) is 11.4. The number of methoxy groups -OCH3 is 1. The van der Waals surface area contributed by atoms with Crippen molar-refractivity contribution in [1.29, 1.82) is 0 Å². The molecule has 0 aliphatic carbocycles. The van der Waals surface area contributed by atoms with Crippen molar-refractivity contribution in [3.8, 4) is 17.2 Å². The van der Waals surface area contributed by atoms with Gasteiger partial charge < -0.3 is 19.9 Å². The van der Waals surface area contributed by atoms with Gasteiger partial charge in [-0.1, -0.05) is 12.1 Å². The van der Waals surface area contributed by atoms with Crippen LogP contribution in [0.2, 0.25) is 0 Å². The smallest absolute Gasteiger partial charge is 0.286 e. The summed E-state index contributed by atoms with van der Waals surface area (Å²) < 4.78 is 16.9. The lowest BCUT2D eigenvalue weighted by atomic mass is 10.1. The molecule has 0 saturated heterocycles. The van der Waals surface area contributed by atoms with E-state index in [4.69, 9.17) is 19.9 Å². The van der Waals surface area contributed by atoms with Crippen LogP contribution in [0.3, 0.4) is 0 Å². The number of amidine groups is 1. The summed E-state index contributed by atoms with van der Waals surface area (Å²) in [7, 11) is 1.57. The second kappa shape index (κ2) is 8.84. The third kappa shape index (κ3) is 4.86. The van der Waals surface area contributed by atoms with Gasteiger partial charge in [-0.05, 0) is 72.6 Å². The highest BCUT2D eigenvalue weighted by atomic mass is 32.2. The number of benzene rings is 2. The number of carbonyl (C=O) groups is 1. The molecule has 0 aromatic heterocycles. The number of rotatable bonds is 7. The highest BCUT2D eigenvalue weighted by Gasteiger charge is 2.19. The van der Waals surface area contributed by atoms with Gasteiger partial charge in [0, 0.05) is 0 Å². The Morgan fingerprint density at radius 2 is 1.82 bits per heavy atom. The zero-order valence-electron chi connectivity index (χ0n) is 16.0. The average molecular weight is 398 g/mol. The normalized spacial score (nSPS) is 14.9. The standard InChI is InChI=1S/C21H22N2O4S/c1-13-4-6-16(10-14(13)2)26-8-9-27-17-7-5-15(11-18(17)25-3)12-19-20(24)23-21(22)28-19/h4-7,10-12H,8-9H2,1-3H3,(H2,22,23,24)/b19-12-. The van der Waals surface area contributed by atoms with Crippen LogP contribution in [-0.4, -0.2) is 31.4 Å². The maximum atomic E-state index is 11.7. The van der Waals surface area contributed by atoms with E-state index in [1.807, 2.05) is 24.3 Å². The number of nitrogens with two attached hydrogens (primary N) is 1. The van der Waals surface area contributed by atoms with E-state index in [2.05, 4.69) is 18.8 Å². The van der Waals surface area contributed by atoms with Gasteiger partial charge in [0.25, 0.3) is 5.91 Å². The predicted octanol–water partition coefficient (Wildman–Crippen LogP) is 3.70. The van der Waals surface area contributed by atoms with Crippen LogP contribution < -0.4 is 19.9 Å². The summed E-state index contributed by atoms with van der Waals surface area (Å²) in [5, 5.41) is 0.256. The fourth-order valence-corrected chi connectivity index (χ4v) is 3.27. The Kier molecular flexibility index (Phi) is 6.26. The quantitative estimate of drug-likeness (QED) is 0.566. The Hall–Kier alpha value is -2.93. The lowest BCUT2D eigenvalue weighted by Gasteiger charge is -2.12. The number of hydrogen-bond acceptors (Lipinski definition) is 6. The first-order valence-corrected chi connectivity index (χ1v) is 9.57. The molecule has 3 rings (SSSR count). The van der Waals surface area contributed by atoms with Crippen LogP contribution in [0.5, 0.6) is 17.2 Å². The van der Waals surface area contributed by atoms with E-state index < -0.39 is 0 Å². The number of hydrogen-bond donors (Lipinski definition) is 1. The van der Waals surface area contributed by atoms with Gasteiger partial charge in [-0.15, -0.1) is 0 Å². The first kappa shape index (κ1) is 19.8. The summed E-state index contributed by atoms with van der Waals surface area (Å²) >= 11 is 1.15. The van der Waals surface area contributed by atoms with E-state index in [1.54, 1.807) is 25.3 Å². The number of aliphatic imine (C=N–C) groups is 1. The first-order chi connectivity index (χ1) is 13.5. The molecule has 2 aromatic rings. The number of ether oxygens (including phenoxy) is 3.